The molecule has 1 fully saturated rings. The van der Waals surface area contributed by atoms with Crippen LogP contribution < -0.4 is 5.32 Å². The van der Waals surface area contributed by atoms with Gasteiger partial charge in [-0.15, -0.1) is 0 Å². The first kappa shape index (κ1) is 46.2. The number of ether oxygens (including phenoxy) is 5. The number of cyclic esters (lactones) is 1. The summed E-state index contributed by atoms with van der Waals surface area (Å²) in [5.41, 5.74) is 0.183. The van der Waals surface area contributed by atoms with Crippen molar-refractivity contribution in [1.82, 2.24) is 20.2 Å². The largest absolute Gasteiger partial charge is 0.459 e. The van der Waals surface area contributed by atoms with Gasteiger partial charge in [-0.1, -0.05) is 32.0 Å². The van der Waals surface area contributed by atoms with E-state index < -0.39 is 71.4 Å². The lowest BCUT2D eigenvalue weighted by Crippen LogP contribution is -2.59. The van der Waals surface area contributed by atoms with E-state index in [4.69, 9.17) is 28.5 Å². The van der Waals surface area contributed by atoms with Crippen LogP contribution in [0.25, 0.3) is 11.0 Å². The number of oxime groups is 1. The van der Waals surface area contributed by atoms with Gasteiger partial charge in [-0.2, -0.15) is 0 Å². The van der Waals surface area contributed by atoms with Gasteiger partial charge in [0.2, 0.25) is 5.91 Å². The number of carbonyl (C=O) groups is 3. The molecule has 1 aromatic heterocycles. The van der Waals surface area contributed by atoms with Gasteiger partial charge in [0.1, 0.15) is 42.1 Å². The standard InChI is InChI=1S/C43H63N5O11/c1-12-34-43(9,53)39-25(4)35(46-28(7)49)23(2)19-42(8,55-22-30(21-54-39)47-56-20-29-13-14-31-32(18-29)45-16-15-44-31)38(26(5)36(50)27(6)40(52)58-34)59-41-37(51)33(48(10)11)17-24(3)57-41/h13-16,18,23-24,26-27,33-34,37-39,41,51,53H,12,17,19-22H2,1-11H3,(H,46,49)/t23-,24-,26+,27-,33+,34-,37-,38-,39-,41+,42-,43-/m1/s1. The summed E-state index contributed by atoms with van der Waals surface area (Å²) in [4.78, 5) is 57.8. The molecule has 4 heterocycles. The van der Waals surface area contributed by atoms with Gasteiger partial charge in [0, 0.05) is 37.0 Å². The number of aliphatic hydroxyl groups excluding tert-OH is 1. The first-order valence-electron chi connectivity index (χ1n) is 20.5. The van der Waals surface area contributed by atoms with Gasteiger partial charge in [-0.05, 0) is 97.2 Å². The van der Waals surface area contributed by atoms with Crippen LogP contribution in [0.3, 0.4) is 0 Å². The summed E-state index contributed by atoms with van der Waals surface area (Å²) in [6.45, 7) is 14.8. The maximum atomic E-state index is 14.5. The van der Waals surface area contributed by atoms with E-state index in [0.717, 1.165) is 11.1 Å². The maximum absolute atomic E-state index is 14.5. The summed E-state index contributed by atoms with van der Waals surface area (Å²) in [6.07, 6.45) is -1.92. The Balaban J connectivity index is 1.67. The van der Waals surface area contributed by atoms with E-state index in [1.165, 1.54) is 20.8 Å². The molecular formula is C43H63N5O11. The summed E-state index contributed by atoms with van der Waals surface area (Å²) in [6, 6.07) is 5.24. The highest BCUT2D eigenvalue weighted by atomic mass is 16.7. The van der Waals surface area contributed by atoms with E-state index in [1.807, 2.05) is 51.0 Å². The quantitative estimate of drug-likeness (QED) is 0.197. The number of Topliss-reactive ketones (excluding diaryl/α,β-unsaturated/α-hetero) is 1. The summed E-state index contributed by atoms with van der Waals surface area (Å²) in [5, 5.41) is 31.5. The minimum absolute atomic E-state index is 0.0717. The molecule has 3 aliphatic heterocycles. The average molecular weight is 826 g/mol. The summed E-state index contributed by atoms with van der Waals surface area (Å²) >= 11 is 0. The lowest BCUT2D eigenvalue weighted by Gasteiger charge is -2.47. The number of hydrogen-bond donors (Lipinski definition) is 3. The van der Waals surface area contributed by atoms with Crippen LogP contribution in [-0.4, -0.2) is 130 Å². The van der Waals surface area contributed by atoms with E-state index in [2.05, 4.69) is 20.4 Å². The molecule has 12 atom stereocenters. The molecular weight excluding hydrogens is 762 g/mol. The van der Waals surface area contributed by atoms with Crippen molar-refractivity contribution in [1.29, 1.82) is 0 Å². The molecule has 0 aliphatic carbocycles. The first-order valence-corrected chi connectivity index (χ1v) is 20.5. The van der Waals surface area contributed by atoms with E-state index in [9.17, 15) is 24.6 Å². The Kier molecular flexibility index (Phi) is 15.0. The van der Waals surface area contributed by atoms with E-state index in [1.54, 1.807) is 40.1 Å². The second-order valence-corrected chi connectivity index (χ2v) is 17.1. The van der Waals surface area contributed by atoms with Crippen molar-refractivity contribution in [3.8, 4) is 0 Å². The number of esters is 1. The van der Waals surface area contributed by atoms with Gasteiger partial charge in [-0.25, -0.2) is 0 Å². The number of aromatic nitrogens is 2. The van der Waals surface area contributed by atoms with Gasteiger partial charge >= 0.3 is 5.97 Å². The van der Waals surface area contributed by atoms with Crippen LogP contribution in [0, 0.1) is 17.8 Å². The fraction of sp³-hybridized carbons (Fsp3) is 0.674. The Morgan fingerprint density at radius 2 is 1.78 bits per heavy atom. The number of nitrogens with zero attached hydrogens (tertiary/aromatic N) is 4. The van der Waals surface area contributed by atoms with E-state index in [-0.39, 0.29) is 50.7 Å². The number of hydrogen-bond acceptors (Lipinski definition) is 15. The predicted octanol–water partition coefficient (Wildman–Crippen LogP) is 3.85. The molecule has 3 N–H and O–H groups in total. The third-order valence-corrected chi connectivity index (χ3v) is 11.9. The summed E-state index contributed by atoms with van der Waals surface area (Å²) < 4.78 is 32.5. The highest BCUT2D eigenvalue weighted by Crippen LogP contribution is 2.40. The minimum Gasteiger partial charge on any atom is -0.459 e. The number of likely N-dealkylation sites (N-methyl/N-ethyl adjacent to an activating group) is 1. The van der Waals surface area contributed by atoms with Gasteiger partial charge in [0.15, 0.2) is 12.1 Å². The number of carbonyl (C=O) groups excluding carboxylic acids is 3. The van der Waals surface area contributed by atoms with Crippen molar-refractivity contribution in [3.63, 3.8) is 0 Å². The van der Waals surface area contributed by atoms with Crippen molar-refractivity contribution in [2.45, 2.75) is 142 Å². The first-order chi connectivity index (χ1) is 27.8. The van der Waals surface area contributed by atoms with Gasteiger partial charge in [-0.3, -0.25) is 24.4 Å². The van der Waals surface area contributed by atoms with Crippen LogP contribution in [0.5, 0.6) is 0 Å². The smallest absolute Gasteiger partial charge is 0.316 e. The molecule has 59 heavy (non-hydrogen) atoms. The van der Waals surface area contributed by atoms with Crippen LogP contribution in [0.2, 0.25) is 0 Å². The number of ketones is 1. The Labute approximate surface area is 347 Å². The van der Waals surface area contributed by atoms with Crippen molar-refractivity contribution in [2.24, 2.45) is 22.9 Å². The fourth-order valence-electron chi connectivity index (χ4n) is 8.74. The Morgan fingerprint density at radius 3 is 2.44 bits per heavy atom. The number of benzene rings is 1. The topological polar surface area (TPSA) is 200 Å². The third kappa shape index (κ3) is 10.5. The van der Waals surface area contributed by atoms with E-state index >= 15 is 0 Å². The second kappa shape index (κ2) is 19.2. The number of amides is 1. The maximum Gasteiger partial charge on any atom is 0.316 e. The SMILES string of the molecule is CC[C@H]1OC(=O)[C@H](C)C(=O)[C@H](C)[C@@H](O[C@@H]2O[C@H](C)C[C@H](N(C)C)[C@H]2O)[C@@]2(C)C[C@@H](C)C(NC(C)=O)=C(C)[C@@H](OCC(=NOCc3ccc4nccnc4c3)CO2)[C@]1(C)O. The zero-order valence-electron chi connectivity index (χ0n) is 36.3. The molecule has 1 aromatic carbocycles. The van der Waals surface area contributed by atoms with Crippen LogP contribution in [-0.2, 0) is 49.5 Å². The molecule has 2 bridgehead atoms. The number of aliphatic hydroxyl groups is 2. The molecule has 1 amide bonds. The third-order valence-electron chi connectivity index (χ3n) is 11.9. The zero-order valence-corrected chi connectivity index (χ0v) is 36.3. The Morgan fingerprint density at radius 1 is 1.08 bits per heavy atom. The minimum atomic E-state index is -1.87. The predicted molar refractivity (Wildman–Crippen MR) is 218 cm³/mol. The van der Waals surface area contributed by atoms with Crippen molar-refractivity contribution in [3.05, 3.63) is 47.4 Å². The highest BCUT2D eigenvalue weighted by molar-refractivity contribution is 6.00. The van der Waals surface area contributed by atoms with Crippen LogP contribution >= 0.6 is 0 Å². The number of rotatable bonds is 8. The number of fused-ring (bicyclic) bond motifs is 5. The summed E-state index contributed by atoms with van der Waals surface area (Å²) in [7, 11) is 3.73. The molecule has 3 aliphatic rings. The van der Waals surface area contributed by atoms with Crippen molar-refractivity contribution in [2.75, 3.05) is 27.3 Å². The lowest BCUT2D eigenvalue weighted by molar-refractivity contribution is -0.296. The van der Waals surface area contributed by atoms with Crippen LogP contribution in [0.15, 0.2) is 47.0 Å². The molecule has 2 aromatic rings. The van der Waals surface area contributed by atoms with Crippen molar-refractivity contribution >= 4 is 34.4 Å². The van der Waals surface area contributed by atoms with Crippen LogP contribution in [0.1, 0.15) is 87.1 Å². The summed E-state index contributed by atoms with van der Waals surface area (Å²) in [5.74, 6) is -4.48. The molecule has 0 radical (unpaired) electrons. The number of nitrogens with one attached hydrogen (secondary N) is 1. The van der Waals surface area contributed by atoms with Gasteiger partial charge < -0.3 is 49.0 Å². The molecule has 0 unspecified atom stereocenters. The molecule has 16 nitrogen and oxygen atoms in total. The molecule has 16 heteroatoms. The molecule has 0 saturated carbocycles. The molecule has 326 valence electrons. The molecule has 0 spiro atoms. The highest BCUT2D eigenvalue weighted by Gasteiger charge is 2.52. The fourth-order valence-corrected chi connectivity index (χ4v) is 8.74. The second-order valence-electron chi connectivity index (χ2n) is 17.1. The lowest BCUT2D eigenvalue weighted by atomic mass is 9.76. The van der Waals surface area contributed by atoms with Gasteiger partial charge in [0.25, 0.3) is 0 Å². The Hall–Kier alpha value is -3.90. The Bertz CT molecular complexity index is 1890. The zero-order chi connectivity index (χ0) is 43.4. The molecule has 1 saturated heterocycles. The number of allylic oxidation sites excluding steroid dienone is 1. The average Bonchev–Trinajstić information content (AvgIpc) is 3.20. The monoisotopic (exact) mass is 825 g/mol. The molecule has 5 rings (SSSR count). The van der Waals surface area contributed by atoms with E-state index in [0.29, 0.717) is 28.9 Å². The normalized spacial score (nSPS) is 36.1. The van der Waals surface area contributed by atoms with Crippen LogP contribution in [0.4, 0.5) is 0 Å². The van der Waals surface area contributed by atoms with Gasteiger partial charge in [0.05, 0.1) is 42.1 Å². The van der Waals surface area contributed by atoms with Crippen molar-refractivity contribution < 1.29 is 53.1 Å².